The largest absolute Gasteiger partial charge is 0.493 e. The van der Waals surface area contributed by atoms with Crippen LogP contribution in [0.15, 0.2) is 79.1 Å². The second-order valence-corrected chi connectivity index (χ2v) is 7.66. The number of benzene rings is 2. The monoisotopic (exact) mass is 454 g/mol. The number of carbonyl (C=O) groups is 1. The molecule has 0 aliphatic rings. The van der Waals surface area contributed by atoms with Gasteiger partial charge in [0.2, 0.25) is 5.91 Å². The molecule has 0 bridgehead atoms. The van der Waals surface area contributed by atoms with Gasteiger partial charge in [0.15, 0.2) is 11.5 Å². The van der Waals surface area contributed by atoms with E-state index in [1.807, 2.05) is 61.0 Å². The first-order valence-electron chi connectivity index (χ1n) is 10.9. The van der Waals surface area contributed by atoms with Crippen molar-refractivity contribution < 1.29 is 14.3 Å². The average Bonchev–Trinajstić information content (AvgIpc) is 3.15. The summed E-state index contributed by atoms with van der Waals surface area (Å²) < 4.78 is 13.2. The van der Waals surface area contributed by atoms with Crippen molar-refractivity contribution in [2.75, 3.05) is 12.4 Å². The summed E-state index contributed by atoms with van der Waals surface area (Å²) in [6.07, 6.45) is 6.72. The van der Waals surface area contributed by atoms with Gasteiger partial charge >= 0.3 is 0 Å². The van der Waals surface area contributed by atoms with Crippen LogP contribution in [0.1, 0.15) is 22.5 Å². The van der Waals surface area contributed by atoms with Gasteiger partial charge in [-0.15, -0.1) is 0 Å². The minimum Gasteiger partial charge on any atom is -0.493 e. The van der Waals surface area contributed by atoms with E-state index >= 15 is 0 Å². The number of nitrogens with zero attached hydrogens (tertiary/aromatic N) is 3. The predicted molar refractivity (Wildman–Crippen MR) is 132 cm³/mol. The first kappa shape index (κ1) is 22.8. The summed E-state index contributed by atoms with van der Waals surface area (Å²) in [5.74, 6) is 0.871. The Balaban J connectivity index is 1.46. The van der Waals surface area contributed by atoms with E-state index in [2.05, 4.69) is 15.4 Å². The topological polar surface area (TPSA) is 78.3 Å². The average molecular weight is 455 g/mol. The Morgan fingerprint density at radius 2 is 1.79 bits per heavy atom. The van der Waals surface area contributed by atoms with Gasteiger partial charge < -0.3 is 14.8 Å². The minimum absolute atomic E-state index is 0.253. The SMILES string of the molecule is COc1ccc(NC(=O)/C=C/c2c(C)nn(-c3ccccc3)c2C)cc1OCc1ccncc1. The molecule has 4 rings (SSSR count). The number of carbonyl (C=O) groups excluding carboxylic acids is 1. The zero-order valence-corrected chi connectivity index (χ0v) is 19.4. The van der Waals surface area contributed by atoms with Crippen LogP contribution in [0.4, 0.5) is 5.69 Å². The minimum atomic E-state index is -0.253. The van der Waals surface area contributed by atoms with Gasteiger partial charge in [0.25, 0.3) is 0 Å². The van der Waals surface area contributed by atoms with Gasteiger partial charge in [0, 0.05) is 41.5 Å². The first-order chi connectivity index (χ1) is 16.5. The zero-order chi connectivity index (χ0) is 23.9. The Bertz CT molecular complexity index is 1300. The molecule has 0 aliphatic carbocycles. The molecule has 34 heavy (non-hydrogen) atoms. The molecule has 7 heteroatoms. The van der Waals surface area contributed by atoms with Crippen molar-refractivity contribution in [1.29, 1.82) is 0 Å². The fourth-order valence-electron chi connectivity index (χ4n) is 3.57. The number of aromatic nitrogens is 3. The normalized spacial score (nSPS) is 10.9. The van der Waals surface area contributed by atoms with E-state index in [-0.39, 0.29) is 5.91 Å². The second kappa shape index (κ2) is 10.5. The van der Waals surface area contributed by atoms with Crippen LogP contribution >= 0.6 is 0 Å². The van der Waals surface area contributed by atoms with Crippen molar-refractivity contribution in [2.45, 2.75) is 20.5 Å². The lowest BCUT2D eigenvalue weighted by Crippen LogP contribution is -2.08. The summed E-state index contributed by atoms with van der Waals surface area (Å²) in [4.78, 5) is 16.6. The van der Waals surface area contributed by atoms with Crippen LogP contribution < -0.4 is 14.8 Å². The highest BCUT2D eigenvalue weighted by atomic mass is 16.5. The van der Waals surface area contributed by atoms with E-state index in [1.54, 1.807) is 43.8 Å². The van der Waals surface area contributed by atoms with Gasteiger partial charge in [-0.2, -0.15) is 5.10 Å². The van der Waals surface area contributed by atoms with E-state index in [0.29, 0.717) is 23.8 Å². The summed E-state index contributed by atoms with van der Waals surface area (Å²) in [6.45, 7) is 4.28. The molecule has 172 valence electrons. The third kappa shape index (κ3) is 5.32. The van der Waals surface area contributed by atoms with Crippen LogP contribution in [0.5, 0.6) is 11.5 Å². The zero-order valence-electron chi connectivity index (χ0n) is 19.4. The Labute approximate surface area is 198 Å². The lowest BCUT2D eigenvalue weighted by molar-refractivity contribution is -0.111. The number of amides is 1. The molecule has 0 radical (unpaired) electrons. The predicted octanol–water partition coefficient (Wildman–Crippen LogP) is 5.12. The Hall–Kier alpha value is -4.39. The third-order valence-corrected chi connectivity index (χ3v) is 5.32. The highest BCUT2D eigenvalue weighted by Gasteiger charge is 2.12. The molecule has 7 nitrogen and oxygen atoms in total. The molecular formula is C27H26N4O3. The fourth-order valence-corrected chi connectivity index (χ4v) is 3.57. The van der Waals surface area contributed by atoms with Gasteiger partial charge in [-0.05, 0) is 61.9 Å². The van der Waals surface area contributed by atoms with E-state index in [4.69, 9.17) is 9.47 Å². The number of ether oxygens (including phenoxy) is 2. The Kier molecular flexibility index (Phi) is 7.03. The molecule has 0 aliphatic heterocycles. The number of aryl methyl sites for hydroxylation is 1. The number of anilines is 1. The van der Waals surface area contributed by atoms with Crippen molar-refractivity contribution in [1.82, 2.24) is 14.8 Å². The highest BCUT2D eigenvalue weighted by Crippen LogP contribution is 2.31. The number of methoxy groups -OCH3 is 1. The molecule has 0 atom stereocenters. The maximum absolute atomic E-state index is 12.6. The van der Waals surface area contributed by atoms with Gasteiger partial charge in [-0.1, -0.05) is 18.2 Å². The lowest BCUT2D eigenvalue weighted by atomic mass is 10.2. The summed E-state index contributed by atoms with van der Waals surface area (Å²) in [5.41, 5.74) is 5.29. The molecule has 2 heterocycles. The summed E-state index contributed by atoms with van der Waals surface area (Å²) in [5, 5.41) is 7.50. The standard InChI is InChI=1S/C27H26N4O3/c1-19-24(20(2)31(30-19)23-7-5-4-6-8-23)10-12-27(32)29-22-9-11-25(33-3)26(17-22)34-18-21-13-15-28-16-14-21/h4-17H,18H2,1-3H3,(H,29,32)/b12-10+. The molecule has 0 saturated carbocycles. The summed E-state index contributed by atoms with van der Waals surface area (Å²) in [7, 11) is 1.58. The van der Waals surface area contributed by atoms with Crippen molar-refractivity contribution in [3.63, 3.8) is 0 Å². The maximum atomic E-state index is 12.6. The molecule has 1 N–H and O–H groups in total. The van der Waals surface area contributed by atoms with Crippen molar-refractivity contribution in [2.24, 2.45) is 0 Å². The van der Waals surface area contributed by atoms with E-state index < -0.39 is 0 Å². The van der Waals surface area contributed by atoms with Crippen LogP contribution in [0.2, 0.25) is 0 Å². The molecule has 0 spiro atoms. The van der Waals surface area contributed by atoms with Gasteiger partial charge in [0.05, 0.1) is 18.5 Å². The van der Waals surface area contributed by atoms with E-state index in [9.17, 15) is 4.79 Å². The summed E-state index contributed by atoms with van der Waals surface area (Å²) in [6, 6.07) is 18.9. The molecular weight excluding hydrogens is 428 g/mol. The van der Waals surface area contributed by atoms with Gasteiger partial charge in [0.1, 0.15) is 6.61 Å². The summed E-state index contributed by atoms with van der Waals surface area (Å²) >= 11 is 0. The van der Waals surface area contributed by atoms with Crippen LogP contribution in [0, 0.1) is 13.8 Å². The van der Waals surface area contributed by atoms with Crippen LogP contribution in [-0.2, 0) is 11.4 Å². The van der Waals surface area contributed by atoms with E-state index in [1.165, 1.54) is 6.08 Å². The Morgan fingerprint density at radius 1 is 1.03 bits per heavy atom. The quantitative estimate of drug-likeness (QED) is 0.374. The number of hydrogen-bond acceptors (Lipinski definition) is 5. The number of para-hydroxylation sites is 1. The Morgan fingerprint density at radius 3 is 2.53 bits per heavy atom. The fraction of sp³-hybridized carbons (Fsp3) is 0.148. The number of rotatable bonds is 8. The van der Waals surface area contributed by atoms with Gasteiger partial charge in [-0.3, -0.25) is 9.78 Å². The van der Waals surface area contributed by atoms with Crippen molar-refractivity contribution in [3.05, 3.63) is 102 Å². The second-order valence-electron chi connectivity index (χ2n) is 7.66. The molecule has 2 aromatic carbocycles. The number of nitrogens with one attached hydrogen (secondary N) is 1. The first-order valence-corrected chi connectivity index (χ1v) is 10.9. The molecule has 0 unspecified atom stereocenters. The number of pyridine rings is 1. The van der Waals surface area contributed by atoms with Gasteiger partial charge in [-0.25, -0.2) is 4.68 Å². The van der Waals surface area contributed by atoms with Crippen LogP contribution in [-0.4, -0.2) is 27.8 Å². The number of hydrogen-bond donors (Lipinski definition) is 1. The van der Waals surface area contributed by atoms with Crippen molar-refractivity contribution >= 4 is 17.7 Å². The maximum Gasteiger partial charge on any atom is 0.248 e. The lowest BCUT2D eigenvalue weighted by Gasteiger charge is -2.12. The van der Waals surface area contributed by atoms with Crippen LogP contribution in [0.25, 0.3) is 11.8 Å². The third-order valence-electron chi connectivity index (χ3n) is 5.32. The van der Waals surface area contributed by atoms with Crippen LogP contribution in [0.3, 0.4) is 0 Å². The highest BCUT2D eigenvalue weighted by molar-refractivity contribution is 6.02. The molecule has 0 saturated heterocycles. The molecule has 1 amide bonds. The van der Waals surface area contributed by atoms with E-state index in [0.717, 1.165) is 28.2 Å². The van der Waals surface area contributed by atoms with Crippen molar-refractivity contribution in [3.8, 4) is 17.2 Å². The molecule has 0 fully saturated rings. The smallest absolute Gasteiger partial charge is 0.248 e. The molecule has 2 aromatic heterocycles. The molecule has 4 aromatic rings.